The second kappa shape index (κ2) is 6.16. The molecule has 0 bridgehead atoms. The predicted octanol–water partition coefficient (Wildman–Crippen LogP) is 2.84. The zero-order chi connectivity index (χ0) is 19.2. The van der Waals surface area contributed by atoms with Crippen LogP contribution in [0.3, 0.4) is 0 Å². The van der Waals surface area contributed by atoms with Crippen LogP contribution in [-0.2, 0) is 20.2 Å². The molecule has 1 aliphatic heterocycles. The number of ether oxygens (including phenoxy) is 1. The number of rotatable bonds is 4. The molecule has 0 atom stereocenters. The Labute approximate surface area is 158 Å². The summed E-state index contributed by atoms with van der Waals surface area (Å²) in [5.74, 6) is 0.203. The molecule has 4 rings (SSSR count). The van der Waals surface area contributed by atoms with Gasteiger partial charge in [0.05, 0.1) is 29.6 Å². The monoisotopic (exact) mass is 387 g/mol. The standard InChI is InChI=1S/C19H21N3O4S/c1-26-15-6-2-3-7-16(15)27(24,25)22-12-10-13-17(14(20)11-12)21-18(23)19(13)8-4-5-9-19/h2-3,6-7,10-11,22H,4-5,8-9,20H2,1H3,(H,21,23). The number of fused-ring (bicyclic) bond motifs is 2. The smallest absolute Gasteiger partial charge is 0.265 e. The molecule has 2 aromatic carbocycles. The molecule has 0 aromatic heterocycles. The molecule has 1 amide bonds. The van der Waals surface area contributed by atoms with Crippen molar-refractivity contribution < 1.29 is 17.9 Å². The molecule has 1 saturated carbocycles. The first kappa shape index (κ1) is 17.7. The Morgan fingerprint density at radius 3 is 2.59 bits per heavy atom. The Morgan fingerprint density at radius 1 is 1.19 bits per heavy atom. The largest absolute Gasteiger partial charge is 0.495 e. The Kier molecular flexibility index (Phi) is 4.03. The molecule has 0 unspecified atom stereocenters. The van der Waals surface area contributed by atoms with Gasteiger partial charge in [0.2, 0.25) is 5.91 Å². The molecule has 7 nitrogen and oxygen atoms in total. The zero-order valence-electron chi connectivity index (χ0n) is 14.9. The van der Waals surface area contributed by atoms with Gasteiger partial charge in [-0.05, 0) is 42.7 Å². The van der Waals surface area contributed by atoms with Crippen LogP contribution in [-0.4, -0.2) is 21.4 Å². The highest BCUT2D eigenvalue weighted by Gasteiger charge is 2.49. The van der Waals surface area contributed by atoms with Crippen LogP contribution < -0.4 is 20.5 Å². The summed E-state index contributed by atoms with van der Waals surface area (Å²) in [6.45, 7) is 0. The molecule has 8 heteroatoms. The van der Waals surface area contributed by atoms with E-state index >= 15 is 0 Å². The molecule has 27 heavy (non-hydrogen) atoms. The third-order valence-electron chi connectivity index (χ3n) is 5.43. The Bertz CT molecular complexity index is 1030. The number of amides is 1. The summed E-state index contributed by atoms with van der Waals surface area (Å²) in [4.78, 5) is 12.6. The number of nitrogens with two attached hydrogens (primary N) is 1. The number of carbonyl (C=O) groups excluding carboxylic acids is 1. The van der Waals surface area contributed by atoms with Gasteiger partial charge in [0.15, 0.2) is 0 Å². The van der Waals surface area contributed by atoms with Crippen molar-refractivity contribution in [3.8, 4) is 5.75 Å². The Balaban J connectivity index is 1.76. The lowest BCUT2D eigenvalue weighted by atomic mass is 9.80. The number of anilines is 3. The van der Waals surface area contributed by atoms with Gasteiger partial charge >= 0.3 is 0 Å². The van der Waals surface area contributed by atoms with E-state index in [0.29, 0.717) is 17.1 Å². The lowest BCUT2D eigenvalue weighted by Gasteiger charge is -2.21. The van der Waals surface area contributed by atoms with Gasteiger partial charge in [0, 0.05) is 0 Å². The number of sulfonamides is 1. The minimum atomic E-state index is -3.87. The summed E-state index contributed by atoms with van der Waals surface area (Å²) in [6, 6.07) is 9.64. The van der Waals surface area contributed by atoms with Crippen molar-refractivity contribution in [1.29, 1.82) is 0 Å². The number of hydrogen-bond donors (Lipinski definition) is 3. The molecule has 1 aliphatic carbocycles. The summed E-state index contributed by atoms with van der Waals surface area (Å²) >= 11 is 0. The van der Waals surface area contributed by atoms with Gasteiger partial charge < -0.3 is 15.8 Å². The van der Waals surface area contributed by atoms with Crippen molar-refractivity contribution in [2.45, 2.75) is 36.0 Å². The first-order valence-electron chi connectivity index (χ1n) is 8.79. The average Bonchev–Trinajstić information content (AvgIpc) is 3.23. The molecule has 1 fully saturated rings. The van der Waals surface area contributed by atoms with Crippen molar-refractivity contribution in [1.82, 2.24) is 0 Å². The molecule has 0 saturated heterocycles. The first-order valence-corrected chi connectivity index (χ1v) is 10.3. The minimum Gasteiger partial charge on any atom is -0.495 e. The fourth-order valence-corrected chi connectivity index (χ4v) is 5.33. The SMILES string of the molecule is COc1ccccc1S(=O)(=O)Nc1cc(N)c2c(c1)C1(CCCC1)C(=O)N2. The van der Waals surface area contributed by atoms with Gasteiger partial charge in [-0.1, -0.05) is 25.0 Å². The van der Waals surface area contributed by atoms with Crippen molar-refractivity contribution in [3.05, 3.63) is 42.0 Å². The van der Waals surface area contributed by atoms with Crippen LogP contribution in [0.2, 0.25) is 0 Å². The van der Waals surface area contributed by atoms with E-state index in [1.165, 1.54) is 19.2 Å². The third-order valence-corrected chi connectivity index (χ3v) is 6.85. The van der Waals surface area contributed by atoms with Crippen LogP contribution in [0.5, 0.6) is 5.75 Å². The van der Waals surface area contributed by atoms with Gasteiger partial charge in [-0.3, -0.25) is 9.52 Å². The predicted molar refractivity (Wildman–Crippen MR) is 103 cm³/mol. The number of carbonyl (C=O) groups is 1. The molecule has 0 radical (unpaired) electrons. The zero-order valence-corrected chi connectivity index (χ0v) is 15.7. The number of hydrogen-bond acceptors (Lipinski definition) is 5. The van der Waals surface area contributed by atoms with E-state index in [-0.39, 0.29) is 16.6 Å². The van der Waals surface area contributed by atoms with Gasteiger partial charge in [0.1, 0.15) is 10.6 Å². The maximum Gasteiger partial charge on any atom is 0.265 e. The van der Waals surface area contributed by atoms with E-state index in [2.05, 4.69) is 10.0 Å². The first-order chi connectivity index (χ1) is 12.9. The van der Waals surface area contributed by atoms with E-state index < -0.39 is 15.4 Å². The summed E-state index contributed by atoms with van der Waals surface area (Å²) in [7, 11) is -2.46. The summed E-state index contributed by atoms with van der Waals surface area (Å²) in [5.41, 5.74) is 7.59. The van der Waals surface area contributed by atoms with Crippen molar-refractivity contribution in [3.63, 3.8) is 0 Å². The van der Waals surface area contributed by atoms with Crippen LogP contribution in [0.1, 0.15) is 31.2 Å². The Morgan fingerprint density at radius 2 is 1.89 bits per heavy atom. The number of nitrogen functional groups attached to an aromatic ring is 1. The third kappa shape index (κ3) is 2.71. The van der Waals surface area contributed by atoms with Crippen LogP contribution in [0.15, 0.2) is 41.3 Å². The normalized spacial score (nSPS) is 17.6. The molecule has 1 heterocycles. The van der Waals surface area contributed by atoms with Gasteiger partial charge in [-0.25, -0.2) is 8.42 Å². The summed E-state index contributed by atoms with van der Waals surface area (Å²) in [6.07, 6.45) is 3.41. The Hall–Kier alpha value is -2.74. The molecular weight excluding hydrogens is 366 g/mol. The topological polar surface area (TPSA) is 111 Å². The van der Waals surface area contributed by atoms with Crippen LogP contribution in [0.4, 0.5) is 17.1 Å². The maximum atomic E-state index is 12.9. The molecule has 2 aromatic rings. The number of para-hydroxylation sites is 1. The van der Waals surface area contributed by atoms with Crippen molar-refractivity contribution >= 4 is 33.0 Å². The molecule has 2 aliphatic rings. The second-order valence-electron chi connectivity index (χ2n) is 6.99. The van der Waals surface area contributed by atoms with E-state index in [1.807, 2.05) is 0 Å². The highest BCUT2D eigenvalue weighted by molar-refractivity contribution is 7.92. The minimum absolute atomic E-state index is 0.0383. The van der Waals surface area contributed by atoms with E-state index in [1.54, 1.807) is 24.3 Å². The van der Waals surface area contributed by atoms with E-state index in [9.17, 15) is 13.2 Å². The van der Waals surface area contributed by atoms with E-state index in [4.69, 9.17) is 10.5 Å². The van der Waals surface area contributed by atoms with Gasteiger partial charge in [0.25, 0.3) is 10.0 Å². The highest BCUT2D eigenvalue weighted by atomic mass is 32.2. The lowest BCUT2D eigenvalue weighted by molar-refractivity contribution is -0.120. The second-order valence-corrected chi connectivity index (χ2v) is 8.64. The summed E-state index contributed by atoms with van der Waals surface area (Å²) < 4.78 is 33.4. The molecule has 4 N–H and O–H groups in total. The quantitative estimate of drug-likeness (QED) is 0.699. The molecule has 1 spiro atoms. The lowest BCUT2D eigenvalue weighted by Crippen LogP contribution is -2.31. The van der Waals surface area contributed by atoms with Gasteiger partial charge in [-0.15, -0.1) is 0 Å². The fourth-order valence-electron chi connectivity index (χ4n) is 4.12. The van der Waals surface area contributed by atoms with Crippen LogP contribution >= 0.6 is 0 Å². The number of nitrogens with one attached hydrogen (secondary N) is 2. The van der Waals surface area contributed by atoms with E-state index in [0.717, 1.165) is 31.2 Å². The van der Waals surface area contributed by atoms with Crippen molar-refractivity contribution in [2.75, 3.05) is 22.9 Å². The van der Waals surface area contributed by atoms with Gasteiger partial charge in [-0.2, -0.15) is 0 Å². The van der Waals surface area contributed by atoms with Crippen LogP contribution in [0.25, 0.3) is 0 Å². The highest BCUT2D eigenvalue weighted by Crippen LogP contribution is 2.51. The molecular formula is C19H21N3O4S. The number of benzene rings is 2. The average molecular weight is 387 g/mol. The van der Waals surface area contributed by atoms with Crippen LogP contribution in [0, 0.1) is 0 Å². The van der Waals surface area contributed by atoms with Crippen molar-refractivity contribution in [2.24, 2.45) is 0 Å². The summed E-state index contributed by atoms with van der Waals surface area (Å²) in [5, 5.41) is 2.88. The maximum absolute atomic E-state index is 12.9. The molecule has 142 valence electrons. The number of methoxy groups -OCH3 is 1. The fraction of sp³-hybridized carbons (Fsp3) is 0.316.